The molecule has 0 fully saturated rings. The van der Waals surface area contributed by atoms with Gasteiger partial charge in [-0.3, -0.25) is 9.36 Å². The molecule has 0 unspecified atom stereocenters. The number of ether oxygens (including phenoxy) is 2. The summed E-state index contributed by atoms with van der Waals surface area (Å²) in [6.07, 6.45) is 1.53. The van der Waals surface area contributed by atoms with E-state index in [1.165, 1.54) is 16.5 Å². The second kappa shape index (κ2) is 6.85. The Hall–Kier alpha value is -3.19. The molecule has 0 saturated heterocycles. The number of fused-ring (bicyclic) bond motifs is 1. The molecule has 4 rings (SSSR count). The van der Waals surface area contributed by atoms with Crippen LogP contribution in [0, 0.1) is 6.92 Å². The Morgan fingerprint density at radius 2 is 1.74 bits per heavy atom. The van der Waals surface area contributed by atoms with Crippen LogP contribution in [0.25, 0.3) is 27.2 Å². The fraction of sp³-hybridized carbons (Fsp3) is 0.150. The minimum atomic E-state index is -0.164. The molecular weight excluding hydrogens is 362 g/mol. The predicted octanol–water partition coefficient (Wildman–Crippen LogP) is 3.83. The first-order valence-electron chi connectivity index (χ1n) is 8.29. The highest BCUT2D eigenvalue weighted by atomic mass is 32.1. The van der Waals surface area contributed by atoms with E-state index in [9.17, 15) is 4.79 Å². The van der Waals surface area contributed by atoms with Gasteiger partial charge in [0.15, 0.2) is 11.5 Å². The number of hydrogen-bond acceptors (Lipinski definition) is 6. The Morgan fingerprint density at radius 3 is 2.44 bits per heavy atom. The third-order valence-electron chi connectivity index (χ3n) is 4.35. The first-order chi connectivity index (χ1) is 13.1. The number of nitrogens with zero attached hydrogens (tertiary/aromatic N) is 3. The monoisotopic (exact) mass is 379 g/mol. The van der Waals surface area contributed by atoms with Crippen LogP contribution in [0.2, 0.25) is 0 Å². The van der Waals surface area contributed by atoms with Gasteiger partial charge in [-0.1, -0.05) is 29.8 Å². The third kappa shape index (κ3) is 2.96. The maximum atomic E-state index is 13.0. The zero-order chi connectivity index (χ0) is 19.0. The summed E-state index contributed by atoms with van der Waals surface area (Å²) in [6.45, 7) is 2.03. The van der Waals surface area contributed by atoms with Crippen LogP contribution in [0.5, 0.6) is 11.5 Å². The lowest BCUT2D eigenvalue weighted by molar-refractivity contribution is 0.355. The molecule has 0 aliphatic carbocycles. The largest absolute Gasteiger partial charge is 0.493 e. The second-order valence-corrected chi connectivity index (χ2v) is 6.81. The van der Waals surface area contributed by atoms with E-state index in [4.69, 9.17) is 9.47 Å². The number of aromatic nitrogens is 3. The molecule has 2 aromatic carbocycles. The van der Waals surface area contributed by atoms with Crippen molar-refractivity contribution in [2.24, 2.45) is 0 Å². The smallest absolute Gasteiger partial charge is 0.277 e. The molecule has 7 heteroatoms. The van der Waals surface area contributed by atoms with Crippen LogP contribution < -0.4 is 15.0 Å². The highest BCUT2D eigenvalue weighted by Crippen LogP contribution is 2.30. The SMILES string of the molecule is COc1ccc(-n2cnc3c(-c4ccc(C)cc4)nsc3c2=O)cc1OC. The molecule has 0 aliphatic heterocycles. The number of rotatable bonds is 4. The van der Waals surface area contributed by atoms with Gasteiger partial charge in [-0.2, -0.15) is 4.37 Å². The van der Waals surface area contributed by atoms with Crippen LogP contribution in [0.1, 0.15) is 5.56 Å². The Labute approximate surface area is 159 Å². The van der Waals surface area contributed by atoms with Crippen LogP contribution in [0.4, 0.5) is 0 Å². The van der Waals surface area contributed by atoms with Crippen molar-refractivity contribution in [1.82, 2.24) is 13.9 Å². The lowest BCUT2D eigenvalue weighted by atomic mass is 10.1. The van der Waals surface area contributed by atoms with Gasteiger partial charge < -0.3 is 9.47 Å². The molecule has 2 heterocycles. The molecular formula is C20H17N3O3S. The van der Waals surface area contributed by atoms with Gasteiger partial charge in [0.05, 0.1) is 19.9 Å². The fourth-order valence-electron chi connectivity index (χ4n) is 2.88. The van der Waals surface area contributed by atoms with Gasteiger partial charge in [0.1, 0.15) is 22.2 Å². The van der Waals surface area contributed by atoms with E-state index in [1.54, 1.807) is 32.4 Å². The molecule has 0 saturated carbocycles. The number of benzene rings is 2. The molecule has 4 aromatic rings. The molecule has 0 bridgehead atoms. The molecule has 27 heavy (non-hydrogen) atoms. The summed E-state index contributed by atoms with van der Waals surface area (Å²) in [5, 5.41) is 0. The maximum absolute atomic E-state index is 13.0. The highest BCUT2D eigenvalue weighted by Gasteiger charge is 2.16. The Bertz CT molecular complexity index is 1180. The minimum absolute atomic E-state index is 0.164. The maximum Gasteiger partial charge on any atom is 0.277 e. The molecule has 2 aromatic heterocycles. The van der Waals surface area contributed by atoms with E-state index in [-0.39, 0.29) is 5.56 Å². The van der Waals surface area contributed by atoms with Crippen molar-refractivity contribution in [3.05, 3.63) is 64.7 Å². The molecule has 0 atom stereocenters. The zero-order valence-corrected chi connectivity index (χ0v) is 15.9. The first kappa shape index (κ1) is 17.2. The quantitative estimate of drug-likeness (QED) is 0.539. The molecule has 0 radical (unpaired) electrons. The van der Waals surface area contributed by atoms with Crippen molar-refractivity contribution in [3.8, 4) is 28.4 Å². The van der Waals surface area contributed by atoms with E-state index in [0.29, 0.717) is 27.4 Å². The minimum Gasteiger partial charge on any atom is -0.493 e. The van der Waals surface area contributed by atoms with Crippen molar-refractivity contribution in [2.45, 2.75) is 6.92 Å². The summed E-state index contributed by atoms with van der Waals surface area (Å²) in [7, 11) is 3.13. The van der Waals surface area contributed by atoms with E-state index in [1.807, 2.05) is 31.2 Å². The fourth-order valence-corrected chi connectivity index (χ4v) is 3.67. The van der Waals surface area contributed by atoms with Gasteiger partial charge in [0.25, 0.3) is 5.56 Å². The number of aryl methyl sites for hydroxylation is 1. The van der Waals surface area contributed by atoms with E-state index >= 15 is 0 Å². The van der Waals surface area contributed by atoms with E-state index < -0.39 is 0 Å². The molecule has 0 spiro atoms. The number of hydrogen-bond donors (Lipinski definition) is 0. The van der Waals surface area contributed by atoms with Gasteiger partial charge in [-0.15, -0.1) is 0 Å². The van der Waals surface area contributed by atoms with Crippen LogP contribution in [0.3, 0.4) is 0 Å². The van der Waals surface area contributed by atoms with Gasteiger partial charge in [0, 0.05) is 11.6 Å². The normalized spacial score (nSPS) is 10.9. The Balaban J connectivity index is 1.84. The second-order valence-electron chi connectivity index (χ2n) is 6.03. The standard InChI is InChI=1S/C20H17N3O3S/c1-12-4-6-13(7-5-12)17-18-19(27-22-17)20(24)23(11-21-18)14-8-9-15(25-2)16(10-14)26-3/h4-11H,1-3H3. The van der Waals surface area contributed by atoms with Crippen LogP contribution in [-0.4, -0.2) is 28.1 Å². The Kier molecular flexibility index (Phi) is 4.37. The Morgan fingerprint density at radius 1 is 1.00 bits per heavy atom. The van der Waals surface area contributed by atoms with Crippen LogP contribution in [0.15, 0.2) is 53.6 Å². The third-order valence-corrected chi connectivity index (χ3v) is 5.18. The summed E-state index contributed by atoms with van der Waals surface area (Å²) < 4.78 is 17.1. The van der Waals surface area contributed by atoms with Gasteiger partial charge >= 0.3 is 0 Å². The predicted molar refractivity (Wildman–Crippen MR) is 106 cm³/mol. The van der Waals surface area contributed by atoms with Crippen molar-refractivity contribution in [2.75, 3.05) is 14.2 Å². The molecule has 136 valence electrons. The van der Waals surface area contributed by atoms with Gasteiger partial charge in [-0.25, -0.2) is 4.98 Å². The number of methoxy groups -OCH3 is 2. The summed E-state index contributed by atoms with van der Waals surface area (Å²) in [6, 6.07) is 13.3. The van der Waals surface area contributed by atoms with Crippen LogP contribution >= 0.6 is 11.5 Å². The van der Waals surface area contributed by atoms with Crippen LogP contribution in [-0.2, 0) is 0 Å². The molecule has 6 nitrogen and oxygen atoms in total. The van der Waals surface area contributed by atoms with Crippen molar-refractivity contribution < 1.29 is 9.47 Å². The van der Waals surface area contributed by atoms with Gasteiger partial charge in [0.2, 0.25) is 0 Å². The lowest BCUT2D eigenvalue weighted by Crippen LogP contribution is -2.17. The molecule has 0 amide bonds. The summed E-state index contributed by atoms with van der Waals surface area (Å²) in [4.78, 5) is 17.5. The van der Waals surface area contributed by atoms with Crippen molar-refractivity contribution in [1.29, 1.82) is 0 Å². The zero-order valence-electron chi connectivity index (χ0n) is 15.1. The summed E-state index contributed by atoms with van der Waals surface area (Å²) >= 11 is 1.16. The van der Waals surface area contributed by atoms with Crippen molar-refractivity contribution in [3.63, 3.8) is 0 Å². The highest BCUT2D eigenvalue weighted by molar-refractivity contribution is 7.13. The topological polar surface area (TPSA) is 66.2 Å². The van der Waals surface area contributed by atoms with E-state index in [0.717, 1.165) is 22.8 Å². The summed E-state index contributed by atoms with van der Waals surface area (Å²) in [5.74, 6) is 1.15. The lowest BCUT2D eigenvalue weighted by Gasteiger charge is -2.10. The molecule has 0 aliphatic rings. The van der Waals surface area contributed by atoms with E-state index in [2.05, 4.69) is 9.36 Å². The first-order valence-corrected chi connectivity index (χ1v) is 9.06. The molecule has 0 N–H and O–H groups in total. The average Bonchev–Trinajstić information content (AvgIpc) is 3.13. The summed E-state index contributed by atoms with van der Waals surface area (Å²) in [5.41, 5.74) is 3.95. The van der Waals surface area contributed by atoms with Crippen molar-refractivity contribution >= 4 is 21.7 Å². The average molecular weight is 379 g/mol. The van der Waals surface area contributed by atoms with Gasteiger partial charge in [-0.05, 0) is 30.6 Å².